The Kier molecular flexibility index (Phi) is 7.57. The van der Waals surface area contributed by atoms with E-state index in [1.165, 1.54) is 30.5 Å². The number of ether oxygens (including phenoxy) is 1. The summed E-state index contributed by atoms with van der Waals surface area (Å²) in [6.45, 7) is 3.11. The standard InChI is InChI=1S/C26H33FN2O2/c27-23-9-6-12-25(16-23)31-19-21-15-22(26(30)28-24-10-4-5-11-24)18-29(17-21)14-13-20-7-2-1-3-8-20/h1-3,6-9,12,16,21-22,24H,4-5,10-11,13-15,17-19H2,(H,28,30)/t21-,22+/m0/s1. The first kappa shape index (κ1) is 21.8. The summed E-state index contributed by atoms with van der Waals surface area (Å²) >= 11 is 0. The van der Waals surface area contributed by atoms with E-state index in [0.29, 0.717) is 18.4 Å². The normalized spacial score (nSPS) is 22.4. The smallest absolute Gasteiger partial charge is 0.224 e. The second-order valence-corrected chi connectivity index (χ2v) is 9.05. The molecule has 0 radical (unpaired) electrons. The number of hydrogen-bond donors (Lipinski definition) is 1. The molecule has 0 spiro atoms. The molecule has 1 aliphatic carbocycles. The minimum Gasteiger partial charge on any atom is -0.493 e. The highest BCUT2D eigenvalue weighted by molar-refractivity contribution is 5.79. The number of benzene rings is 2. The van der Waals surface area contributed by atoms with Gasteiger partial charge in [-0.05, 0) is 43.4 Å². The monoisotopic (exact) mass is 424 g/mol. The number of likely N-dealkylation sites (tertiary alicyclic amines) is 1. The highest BCUT2D eigenvalue weighted by Crippen LogP contribution is 2.25. The maximum Gasteiger partial charge on any atom is 0.224 e. The number of piperidine rings is 1. The van der Waals surface area contributed by atoms with E-state index >= 15 is 0 Å². The summed E-state index contributed by atoms with van der Waals surface area (Å²) in [6, 6.07) is 17.1. The number of rotatable bonds is 8. The fourth-order valence-corrected chi connectivity index (χ4v) is 4.89. The van der Waals surface area contributed by atoms with Crippen LogP contribution in [-0.4, -0.2) is 43.1 Å². The third-order valence-electron chi connectivity index (χ3n) is 6.53. The lowest BCUT2D eigenvalue weighted by atomic mass is 9.88. The molecule has 31 heavy (non-hydrogen) atoms. The molecule has 0 bridgehead atoms. The van der Waals surface area contributed by atoms with Gasteiger partial charge in [-0.3, -0.25) is 4.79 Å². The lowest BCUT2D eigenvalue weighted by molar-refractivity contribution is -0.128. The molecule has 0 aromatic heterocycles. The van der Waals surface area contributed by atoms with Gasteiger partial charge in [-0.15, -0.1) is 0 Å². The number of amides is 1. The minimum absolute atomic E-state index is 0.0220. The van der Waals surface area contributed by atoms with E-state index in [9.17, 15) is 9.18 Å². The van der Waals surface area contributed by atoms with Crippen LogP contribution in [0.2, 0.25) is 0 Å². The van der Waals surface area contributed by atoms with Gasteiger partial charge in [0.2, 0.25) is 5.91 Å². The Hall–Kier alpha value is -2.40. The summed E-state index contributed by atoms with van der Waals surface area (Å²) in [7, 11) is 0. The van der Waals surface area contributed by atoms with Gasteiger partial charge < -0.3 is 15.0 Å². The van der Waals surface area contributed by atoms with Gasteiger partial charge in [-0.25, -0.2) is 4.39 Å². The van der Waals surface area contributed by atoms with Crippen molar-refractivity contribution in [2.75, 3.05) is 26.2 Å². The Morgan fingerprint density at radius 3 is 2.65 bits per heavy atom. The van der Waals surface area contributed by atoms with Crippen LogP contribution in [0.4, 0.5) is 4.39 Å². The summed E-state index contributed by atoms with van der Waals surface area (Å²) < 4.78 is 19.4. The predicted molar refractivity (Wildman–Crippen MR) is 120 cm³/mol. The van der Waals surface area contributed by atoms with Crippen molar-refractivity contribution in [1.82, 2.24) is 10.2 Å². The van der Waals surface area contributed by atoms with E-state index in [0.717, 1.165) is 45.3 Å². The molecule has 0 unspecified atom stereocenters. The first-order valence-corrected chi connectivity index (χ1v) is 11.6. The van der Waals surface area contributed by atoms with Crippen molar-refractivity contribution in [3.8, 4) is 5.75 Å². The highest BCUT2D eigenvalue weighted by Gasteiger charge is 2.33. The molecule has 4 nitrogen and oxygen atoms in total. The average Bonchev–Trinajstić information content (AvgIpc) is 3.30. The number of carbonyl (C=O) groups is 1. The molecule has 1 saturated carbocycles. The Bertz CT molecular complexity index is 838. The van der Waals surface area contributed by atoms with Gasteiger partial charge in [-0.1, -0.05) is 49.2 Å². The Morgan fingerprint density at radius 2 is 1.87 bits per heavy atom. The molecule has 5 heteroatoms. The third-order valence-corrected chi connectivity index (χ3v) is 6.53. The second-order valence-electron chi connectivity index (χ2n) is 9.05. The first-order chi connectivity index (χ1) is 15.2. The predicted octanol–water partition coefficient (Wildman–Crippen LogP) is 4.44. The van der Waals surface area contributed by atoms with Gasteiger partial charge in [0, 0.05) is 37.7 Å². The Balaban J connectivity index is 1.37. The maximum absolute atomic E-state index is 13.5. The number of nitrogens with one attached hydrogen (secondary N) is 1. The first-order valence-electron chi connectivity index (χ1n) is 11.6. The second kappa shape index (κ2) is 10.8. The van der Waals surface area contributed by atoms with E-state index in [2.05, 4.69) is 34.5 Å². The van der Waals surface area contributed by atoms with Crippen LogP contribution < -0.4 is 10.1 Å². The lowest BCUT2D eigenvalue weighted by Gasteiger charge is -2.37. The zero-order valence-electron chi connectivity index (χ0n) is 18.1. The van der Waals surface area contributed by atoms with E-state index in [-0.39, 0.29) is 23.6 Å². The molecular weight excluding hydrogens is 391 g/mol. The van der Waals surface area contributed by atoms with Crippen LogP contribution in [0.3, 0.4) is 0 Å². The van der Waals surface area contributed by atoms with Crippen molar-refractivity contribution < 1.29 is 13.9 Å². The van der Waals surface area contributed by atoms with Crippen LogP contribution in [0, 0.1) is 17.7 Å². The van der Waals surface area contributed by atoms with Gasteiger partial charge in [0.15, 0.2) is 0 Å². The number of hydrogen-bond acceptors (Lipinski definition) is 3. The Labute approximate surface area is 184 Å². The molecule has 1 aliphatic heterocycles. The average molecular weight is 425 g/mol. The van der Waals surface area contributed by atoms with Crippen LogP contribution in [0.1, 0.15) is 37.7 Å². The molecule has 2 aromatic carbocycles. The molecule has 2 atom stereocenters. The van der Waals surface area contributed by atoms with E-state index < -0.39 is 0 Å². The van der Waals surface area contributed by atoms with Crippen molar-refractivity contribution in [2.24, 2.45) is 11.8 Å². The topological polar surface area (TPSA) is 41.6 Å². The molecule has 4 rings (SSSR count). The molecule has 166 valence electrons. The van der Waals surface area contributed by atoms with Gasteiger partial charge in [0.05, 0.1) is 12.5 Å². The fourth-order valence-electron chi connectivity index (χ4n) is 4.89. The Morgan fingerprint density at radius 1 is 1.06 bits per heavy atom. The quantitative estimate of drug-likeness (QED) is 0.681. The fraction of sp³-hybridized carbons (Fsp3) is 0.500. The van der Waals surface area contributed by atoms with Crippen molar-refractivity contribution in [3.05, 3.63) is 66.0 Å². The van der Waals surface area contributed by atoms with E-state index in [4.69, 9.17) is 4.74 Å². The van der Waals surface area contributed by atoms with Crippen molar-refractivity contribution in [2.45, 2.75) is 44.6 Å². The van der Waals surface area contributed by atoms with Crippen LogP contribution in [0.25, 0.3) is 0 Å². The minimum atomic E-state index is -0.292. The summed E-state index contributed by atoms with van der Waals surface area (Å²) in [5, 5.41) is 3.29. The van der Waals surface area contributed by atoms with Gasteiger partial charge in [-0.2, -0.15) is 0 Å². The van der Waals surface area contributed by atoms with Gasteiger partial charge >= 0.3 is 0 Å². The number of nitrogens with zero attached hydrogens (tertiary/aromatic N) is 1. The SMILES string of the molecule is O=C(NC1CCCC1)[C@@H]1C[C@H](COc2cccc(F)c2)CN(CCc2ccccc2)C1. The summed E-state index contributed by atoms with van der Waals surface area (Å²) in [5.74, 6) is 0.665. The summed E-state index contributed by atoms with van der Waals surface area (Å²) in [4.78, 5) is 15.4. The van der Waals surface area contributed by atoms with Crippen LogP contribution in [-0.2, 0) is 11.2 Å². The van der Waals surface area contributed by atoms with Gasteiger partial charge in [0.1, 0.15) is 11.6 Å². The van der Waals surface area contributed by atoms with Crippen molar-refractivity contribution in [3.63, 3.8) is 0 Å². The number of halogens is 1. The molecule has 1 saturated heterocycles. The molecule has 1 N–H and O–H groups in total. The third kappa shape index (κ3) is 6.54. The molecule has 1 heterocycles. The van der Waals surface area contributed by atoms with Crippen LogP contribution in [0.5, 0.6) is 5.75 Å². The molecule has 1 amide bonds. The zero-order valence-corrected chi connectivity index (χ0v) is 18.1. The van der Waals surface area contributed by atoms with E-state index in [1.807, 2.05) is 6.07 Å². The maximum atomic E-state index is 13.5. The van der Waals surface area contributed by atoms with E-state index in [1.54, 1.807) is 12.1 Å². The molecule has 2 aromatic rings. The largest absolute Gasteiger partial charge is 0.493 e. The summed E-state index contributed by atoms with van der Waals surface area (Å²) in [6.07, 6.45) is 6.40. The molecule has 2 fully saturated rings. The van der Waals surface area contributed by atoms with Crippen molar-refractivity contribution in [1.29, 1.82) is 0 Å². The zero-order chi connectivity index (χ0) is 21.5. The number of carbonyl (C=O) groups excluding carboxylic acids is 1. The van der Waals surface area contributed by atoms with Gasteiger partial charge in [0.25, 0.3) is 0 Å². The van der Waals surface area contributed by atoms with Crippen LogP contribution >= 0.6 is 0 Å². The highest BCUT2D eigenvalue weighted by atomic mass is 19.1. The lowest BCUT2D eigenvalue weighted by Crippen LogP contribution is -2.49. The molecular formula is C26H33FN2O2. The van der Waals surface area contributed by atoms with Crippen LogP contribution in [0.15, 0.2) is 54.6 Å². The molecule has 2 aliphatic rings. The summed E-state index contributed by atoms with van der Waals surface area (Å²) in [5.41, 5.74) is 1.31. The van der Waals surface area contributed by atoms with Crippen molar-refractivity contribution >= 4 is 5.91 Å².